The van der Waals surface area contributed by atoms with Gasteiger partial charge in [0.15, 0.2) is 0 Å². The van der Waals surface area contributed by atoms with Gasteiger partial charge >= 0.3 is 18.2 Å². The Balaban J connectivity index is 3.31. The number of ether oxygens (including phenoxy) is 3. The number of carbonyl (C=O) groups excluding carboxylic acids is 3. The average molecular weight is 372 g/mol. The minimum absolute atomic E-state index is 0.0578. The number of thiazole rings is 1. The van der Waals surface area contributed by atoms with Crippen molar-refractivity contribution in [2.75, 3.05) is 7.11 Å². The van der Waals surface area contributed by atoms with E-state index >= 15 is 0 Å². The first-order valence-electron chi connectivity index (χ1n) is 7.59. The zero-order chi connectivity index (χ0) is 19.4. The molecule has 0 fully saturated rings. The summed E-state index contributed by atoms with van der Waals surface area (Å²) in [6.45, 7) is 10.3. The fourth-order valence-electron chi connectivity index (χ4n) is 1.63. The Hall–Kier alpha value is -2.16. The third kappa shape index (κ3) is 7.08. The lowest BCUT2D eigenvalue weighted by atomic mass is 10.2. The van der Waals surface area contributed by atoms with E-state index in [1.807, 2.05) is 0 Å². The van der Waals surface area contributed by atoms with Gasteiger partial charge in [-0.1, -0.05) is 0 Å². The maximum atomic E-state index is 12.5. The average Bonchev–Trinajstić information content (AvgIpc) is 2.76. The van der Waals surface area contributed by atoms with Gasteiger partial charge in [-0.3, -0.25) is 4.79 Å². The maximum Gasteiger partial charge on any atom is 0.436 e. The molecule has 0 saturated heterocycles. The highest BCUT2D eigenvalue weighted by Crippen LogP contribution is 2.12. The summed E-state index contributed by atoms with van der Waals surface area (Å²) in [7, 11) is 1.25. The van der Waals surface area contributed by atoms with Crippen molar-refractivity contribution >= 4 is 29.5 Å². The molecule has 0 bridgehead atoms. The lowest BCUT2D eigenvalue weighted by molar-refractivity contribution is -0.139. The second-order valence-electron chi connectivity index (χ2n) is 7.17. The van der Waals surface area contributed by atoms with Crippen LogP contribution in [0.3, 0.4) is 0 Å². The van der Waals surface area contributed by atoms with Gasteiger partial charge in [-0.15, -0.1) is 16.3 Å². The van der Waals surface area contributed by atoms with Crippen LogP contribution in [0.4, 0.5) is 9.59 Å². The van der Waals surface area contributed by atoms with E-state index < -0.39 is 29.4 Å². The van der Waals surface area contributed by atoms with E-state index in [1.54, 1.807) is 46.9 Å². The third-order valence-electron chi connectivity index (χ3n) is 2.49. The summed E-state index contributed by atoms with van der Waals surface area (Å²) in [6.07, 6.45) is -1.73. The molecule has 0 saturated carbocycles. The molecular weight excluding hydrogens is 348 g/mol. The molecule has 1 aromatic heterocycles. The van der Waals surface area contributed by atoms with Gasteiger partial charge in [0.1, 0.15) is 11.2 Å². The molecule has 0 aliphatic carbocycles. The van der Waals surface area contributed by atoms with Crippen LogP contribution in [0.5, 0.6) is 0 Å². The summed E-state index contributed by atoms with van der Waals surface area (Å²) in [5.41, 5.74) is -1.16. The summed E-state index contributed by atoms with van der Waals surface area (Å²) in [4.78, 5) is 39.8. The summed E-state index contributed by atoms with van der Waals surface area (Å²) < 4.78 is 16.2. The predicted octanol–water partition coefficient (Wildman–Crippen LogP) is 2.88. The molecule has 1 heterocycles. The van der Waals surface area contributed by atoms with E-state index in [-0.39, 0.29) is 11.2 Å². The lowest BCUT2D eigenvalue weighted by Gasteiger charge is -2.20. The van der Waals surface area contributed by atoms with Crippen LogP contribution >= 0.6 is 11.3 Å². The van der Waals surface area contributed by atoms with Crippen LogP contribution in [0.15, 0.2) is 10.4 Å². The van der Waals surface area contributed by atoms with Gasteiger partial charge in [-0.25, -0.2) is 14.2 Å². The summed E-state index contributed by atoms with van der Waals surface area (Å²) >= 11 is 1.02. The van der Waals surface area contributed by atoms with Gasteiger partial charge in [0.05, 0.1) is 19.2 Å². The van der Waals surface area contributed by atoms with E-state index in [4.69, 9.17) is 9.47 Å². The first-order chi connectivity index (χ1) is 11.3. The Bertz CT molecular complexity index is 718. The van der Waals surface area contributed by atoms with Gasteiger partial charge in [0.25, 0.3) is 0 Å². The Morgan fingerprint density at radius 1 is 1.08 bits per heavy atom. The quantitative estimate of drug-likeness (QED) is 0.585. The summed E-state index contributed by atoms with van der Waals surface area (Å²) in [5, 5.41) is 1.55. The monoisotopic (exact) mass is 372 g/mol. The fourth-order valence-corrected chi connectivity index (χ4v) is 2.49. The second-order valence-corrected chi connectivity index (χ2v) is 8.01. The molecule has 0 unspecified atom stereocenters. The molecule has 1 rings (SSSR count). The van der Waals surface area contributed by atoms with Crippen molar-refractivity contribution in [3.05, 3.63) is 15.9 Å². The van der Waals surface area contributed by atoms with Crippen molar-refractivity contribution in [2.45, 2.75) is 59.2 Å². The predicted molar refractivity (Wildman–Crippen MR) is 91.5 cm³/mol. The molecular formula is C16H24N2O6S. The van der Waals surface area contributed by atoms with Crippen LogP contribution in [0, 0.1) is 0 Å². The minimum Gasteiger partial charge on any atom is -0.469 e. The van der Waals surface area contributed by atoms with E-state index in [1.165, 1.54) is 7.11 Å². The normalized spacial score (nSPS) is 12.7. The Kier molecular flexibility index (Phi) is 6.53. The molecule has 0 atom stereocenters. The first-order valence-corrected chi connectivity index (χ1v) is 8.47. The van der Waals surface area contributed by atoms with Crippen LogP contribution in [-0.2, 0) is 25.4 Å². The van der Waals surface area contributed by atoms with Gasteiger partial charge in [-0.2, -0.15) is 0 Å². The van der Waals surface area contributed by atoms with E-state index in [9.17, 15) is 14.4 Å². The van der Waals surface area contributed by atoms with Gasteiger partial charge < -0.3 is 14.2 Å². The zero-order valence-electron chi connectivity index (χ0n) is 15.5. The Morgan fingerprint density at radius 2 is 1.64 bits per heavy atom. The van der Waals surface area contributed by atoms with E-state index in [0.29, 0.717) is 5.69 Å². The number of hydrogen-bond donors (Lipinski definition) is 0. The molecule has 0 N–H and O–H groups in total. The van der Waals surface area contributed by atoms with Crippen LogP contribution in [0.25, 0.3) is 0 Å². The number of methoxy groups -OCH3 is 1. The van der Waals surface area contributed by atoms with Crippen LogP contribution in [0.1, 0.15) is 47.2 Å². The standard InChI is InChI=1S/C16H24N2O6S/c1-15(2,3)23-13(20)17-12-18(14(21)24-16(4,5)6)10(9-25-12)8-11(19)22-7/h9H,8H2,1-7H3/b17-12-. The second kappa shape index (κ2) is 7.81. The van der Waals surface area contributed by atoms with Crippen molar-refractivity contribution < 1.29 is 28.6 Å². The summed E-state index contributed by atoms with van der Waals surface area (Å²) in [5.74, 6) is -0.529. The SMILES string of the molecule is COC(=O)Cc1cs/c(=N\C(=O)OC(C)(C)C)n1C(=O)OC(C)(C)C. The van der Waals surface area contributed by atoms with E-state index in [2.05, 4.69) is 9.73 Å². The van der Waals surface area contributed by atoms with Crippen molar-refractivity contribution in [3.8, 4) is 0 Å². The van der Waals surface area contributed by atoms with Crippen molar-refractivity contribution in [1.29, 1.82) is 0 Å². The number of amides is 1. The highest BCUT2D eigenvalue weighted by atomic mass is 32.1. The van der Waals surface area contributed by atoms with Crippen LogP contribution in [-0.4, -0.2) is 41.0 Å². The third-order valence-corrected chi connectivity index (χ3v) is 3.36. The van der Waals surface area contributed by atoms with Crippen LogP contribution < -0.4 is 4.80 Å². The molecule has 9 heteroatoms. The smallest absolute Gasteiger partial charge is 0.436 e. The molecule has 0 aliphatic rings. The number of hydrogen-bond acceptors (Lipinski definition) is 7. The number of aromatic nitrogens is 1. The minimum atomic E-state index is -0.837. The van der Waals surface area contributed by atoms with Crippen LogP contribution in [0.2, 0.25) is 0 Å². The first kappa shape index (κ1) is 20.9. The number of nitrogens with zero attached hydrogens (tertiary/aromatic N) is 2. The fraction of sp³-hybridized carbons (Fsp3) is 0.625. The molecule has 0 spiro atoms. The Labute approximate surface area is 150 Å². The van der Waals surface area contributed by atoms with Gasteiger partial charge in [0, 0.05) is 5.38 Å². The Morgan fingerprint density at radius 3 is 2.12 bits per heavy atom. The number of rotatable bonds is 2. The number of esters is 1. The van der Waals surface area contributed by atoms with E-state index in [0.717, 1.165) is 15.9 Å². The molecule has 0 aromatic carbocycles. The largest absolute Gasteiger partial charge is 0.469 e. The molecule has 1 aromatic rings. The molecule has 0 radical (unpaired) electrons. The molecule has 0 aliphatic heterocycles. The maximum absolute atomic E-state index is 12.5. The summed E-state index contributed by atoms with van der Waals surface area (Å²) in [6, 6.07) is 0. The molecule has 1 amide bonds. The van der Waals surface area contributed by atoms with Gasteiger partial charge in [0.2, 0.25) is 4.80 Å². The van der Waals surface area contributed by atoms with Gasteiger partial charge in [-0.05, 0) is 41.5 Å². The van der Waals surface area contributed by atoms with Crippen molar-refractivity contribution in [2.24, 2.45) is 4.99 Å². The molecule has 25 heavy (non-hydrogen) atoms. The highest BCUT2D eigenvalue weighted by molar-refractivity contribution is 7.07. The number of carbonyl (C=O) groups is 3. The highest BCUT2D eigenvalue weighted by Gasteiger charge is 2.23. The molecule has 8 nitrogen and oxygen atoms in total. The molecule has 140 valence electrons. The van der Waals surface area contributed by atoms with Crippen molar-refractivity contribution in [3.63, 3.8) is 0 Å². The van der Waals surface area contributed by atoms with Crippen molar-refractivity contribution in [1.82, 2.24) is 4.57 Å². The lowest BCUT2D eigenvalue weighted by Crippen LogP contribution is -2.34. The topological polar surface area (TPSA) is 96.2 Å². The zero-order valence-corrected chi connectivity index (χ0v) is 16.4.